The van der Waals surface area contributed by atoms with Crippen LogP contribution in [0.1, 0.15) is 25.7 Å². The molecular formula is C17H21N5O2. The van der Waals surface area contributed by atoms with E-state index >= 15 is 0 Å². The molecule has 2 aliphatic rings. The van der Waals surface area contributed by atoms with Crippen LogP contribution in [0.15, 0.2) is 29.1 Å². The second kappa shape index (κ2) is 6.32. The fourth-order valence-electron chi connectivity index (χ4n) is 3.93. The molecule has 2 atom stereocenters. The van der Waals surface area contributed by atoms with Crippen LogP contribution in [0.4, 0.5) is 0 Å². The molecule has 24 heavy (non-hydrogen) atoms. The van der Waals surface area contributed by atoms with Crippen LogP contribution in [0.5, 0.6) is 0 Å². The van der Waals surface area contributed by atoms with Gasteiger partial charge in [0.15, 0.2) is 0 Å². The summed E-state index contributed by atoms with van der Waals surface area (Å²) in [7, 11) is 0. The lowest BCUT2D eigenvalue weighted by Gasteiger charge is -2.32. The molecule has 0 bridgehead atoms. The number of hydrogen-bond acceptors (Lipinski definition) is 5. The SMILES string of the molecule is O=C(Cn1nnc2ccccc2c1=O)N[C@H]1CCN2CCCC[C@H]12. The minimum absolute atomic E-state index is 0.0834. The average Bonchev–Trinajstić information content (AvgIpc) is 3.01. The molecule has 7 nitrogen and oxygen atoms in total. The standard InChI is InChI=1S/C17H21N5O2/c23-16(18-14-8-10-21-9-4-3-7-15(14)21)11-22-17(24)12-5-1-2-6-13(12)19-20-22/h1-2,5-6,14-15H,3-4,7-11H2,(H,18,23)/t14-,15+/m0/s1. The number of benzene rings is 1. The Hall–Kier alpha value is -2.28. The highest BCUT2D eigenvalue weighted by molar-refractivity contribution is 5.78. The zero-order valence-electron chi connectivity index (χ0n) is 13.5. The first-order valence-corrected chi connectivity index (χ1v) is 8.58. The van der Waals surface area contributed by atoms with Crippen molar-refractivity contribution in [2.75, 3.05) is 13.1 Å². The molecule has 2 aliphatic heterocycles. The third-order valence-corrected chi connectivity index (χ3v) is 5.13. The summed E-state index contributed by atoms with van der Waals surface area (Å²) in [4.78, 5) is 27.2. The topological polar surface area (TPSA) is 80.1 Å². The van der Waals surface area contributed by atoms with Gasteiger partial charge in [-0.25, -0.2) is 4.68 Å². The minimum Gasteiger partial charge on any atom is -0.350 e. The highest BCUT2D eigenvalue weighted by atomic mass is 16.2. The Labute approximate surface area is 139 Å². The monoisotopic (exact) mass is 327 g/mol. The predicted octanol–water partition coefficient (Wildman–Crippen LogP) is 0.534. The van der Waals surface area contributed by atoms with Crippen LogP contribution in [0, 0.1) is 0 Å². The van der Waals surface area contributed by atoms with Gasteiger partial charge in [-0.3, -0.25) is 14.5 Å². The molecule has 2 aromatic rings. The predicted molar refractivity (Wildman–Crippen MR) is 89.6 cm³/mol. The molecule has 1 aromatic heterocycles. The van der Waals surface area contributed by atoms with E-state index in [1.807, 2.05) is 6.07 Å². The number of rotatable bonds is 3. The van der Waals surface area contributed by atoms with Gasteiger partial charge in [0, 0.05) is 18.6 Å². The van der Waals surface area contributed by atoms with Crippen molar-refractivity contribution in [2.45, 2.75) is 44.3 Å². The van der Waals surface area contributed by atoms with Crippen LogP contribution in [-0.4, -0.2) is 51.0 Å². The summed E-state index contributed by atoms with van der Waals surface area (Å²) < 4.78 is 1.14. The van der Waals surface area contributed by atoms with Gasteiger partial charge in [-0.1, -0.05) is 23.8 Å². The number of fused-ring (bicyclic) bond motifs is 2. The number of hydrogen-bond donors (Lipinski definition) is 1. The fourth-order valence-corrected chi connectivity index (χ4v) is 3.93. The molecule has 4 rings (SSSR count). The van der Waals surface area contributed by atoms with Crippen molar-refractivity contribution < 1.29 is 4.79 Å². The summed E-state index contributed by atoms with van der Waals surface area (Å²) in [5.74, 6) is -0.167. The Balaban J connectivity index is 1.47. The molecule has 2 fully saturated rings. The second-order valence-corrected chi connectivity index (χ2v) is 6.63. The van der Waals surface area contributed by atoms with E-state index in [0.717, 1.165) is 30.6 Å². The maximum absolute atomic E-state index is 12.4. The Morgan fingerprint density at radius 1 is 1.21 bits per heavy atom. The van der Waals surface area contributed by atoms with Crippen molar-refractivity contribution >= 4 is 16.8 Å². The molecule has 3 heterocycles. The van der Waals surface area contributed by atoms with Crippen LogP contribution < -0.4 is 10.9 Å². The van der Waals surface area contributed by atoms with E-state index in [-0.39, 0.29) is 24.1 Å². The number of amides is 1. The van der Waals surface area contributed by atoms with Crippen molar-refractivity contribution in [1.82, 2.24) is 25.2 Å². The van der Waals surface area contributed by atoms with E-state index in [1.165, 1.54) is 12.8 Å². The number of nitrogens with one attached hydrogen (secondary N) is 1. The Bertz CT molecular complexity index is 818. The summed E-state index contributed by atoms with van der Waals surface area (Å²) in [6.07, 6.45) is 4.60. The van der Waals surface area contributed by atoms with Crippen molar-refractivity contribution in [1.29, 1.82) is 0 Å². The fraction of sp³-hybridized carbons (Fsp3) is 0.529. The minimum atomic E-state index is -0.276. The third-order valence-electron chi connectivity index (χ3n) is 5.13. The summed E-state index contributed by atoms with van der Waals surface area (Å²) in [6, 6.07) is 7.67. The molecule has 0 aliphatic carbocycles. The molecule has 7 heteroatoms. The Morgan fingerprint density at radius 2 is 2.08 bits per heavy atom. The van der Waals surface area contributed by atoms with Crippen LogP contribution in [0.3, 0.4) is 0 Å². The second-order valence-electron chi connectivity index (χ2n) is 6.63. The van der Waals surface area contributed by atoms with Crippen LogP contribution >= 0.6 is 0 Å². The molecule has 1 amide bonds. The van der Waals surface area contributed by atoms with E-state index in [1.54, 1.807) is 18.2 Å². The normalized spacial score (nSPS) is 24.0. The zero-order chi connectivity index (χ0) is 16.5. The van der Waals surface area contributed by atoms with Crippen LogP contribution in [-0.2, 0) is 11.3 Å². The third kappa shape index (κ3) is 2.80. The summed E-state index contributed by atoms with van der Waals surface area (Å²) in [6.45, 7) is 2.10. The van der Waals surface area contributed by atoms with Gasteiger partial charge < -0.3 is 5.32 Å². The van der Waals surface area contributed by atoms with Crippen LogP contribution in [0.25, 0.3) is 10.9 Å². The maximum Gasteiger partial charge on any atom is 0.278 e. The van der Waals surface area contributed by atoms with Gasteiger partial charge >= 0.3 is 0 Å². The van der Waals surface area contributed by atoms with E-state index in [4.69, 9.17) is 0 Å². The van der Waals surface area contributed by atoms with Crippen molar-refractivity contribution in [2.24, 2.45) is 0 Å². The number of aromatic nitrogens is 3. The quantitative estimate of drug-likeness (QED) is 0.890. The number of carbonyl (C=O) groups is 1. The van der Waals surface area contributed by atoms with Crippen molar-refractivity contribution in [3.63, 3.8) is 0 Å². The smallest absolute Gasteiger partial charge is 0.278 e. The Kier molecular flexibility index (Phi) is 4.02. The highest BCUT2D eigenvalue weighted by Gasteiger charge is 2.36. The maximum atomic E-state index is 12.4. The van der Waals surface area contributed by atoms with Gasteiger partial charge in [-0.05, 0) is 37.9 Å². The summed E-state index contributed by atoms with van der Waals surface area (Å²) in [5.41, 5.74) is 0.272. The van der Waals surface area contributed by atoms with Gasteiger partial charge in [0.05, 0.1) is 5.39 Å². The highest BCUT2D eigenvalue weighted by Crippen LogP contribution is 2.27. The molecule has 1 aromatic carbocycles. The number of nitrogens with zero attached hydrogens (tertiary/aromatic N) is 4. The van der Waals surface area contributed by atoms with E-state index in [2.05, 4.69) is 20.5 Å². The first-order chi connectivity index (χ1) is 11.7. The lowest BCUT2D eigenvalue weighted by atomic mass is 9.99. The summed E-state index contributed by atoms with van der Waals surface area (Å²) >= 11 is 0. The molecule has 0 saturated carbocycles. The molecule has 1 N–H and O–H groups in total. The van der Waals surface area contributed by atoms with Crippen LogP contribution in [0.2, 0.25) is 0 Å². The molecule has 0 unspecified atom stereocenters. The van der Waals surface area contributed by atoms with Crippen molar-refractivity contribution in [3.05, 3.63) is 34.6 Å². The average molecular weight is 327 g/mol. The van der Waals surface area contributed by atoms with Gasteiger partial charge in [-0.2, -0.15) is 0 Å². The molecule has 0 spiro atoms. The van der Waals surface area contributed by atoms with Gasteiger partial charge in [0.2, 0.25) is 5.91 Å². The lowest BCUT2D eigenvalue weighted by Crippen LogP contribution is -2.48. The van der Waals surface area contributed by atoms with Gasteiger partial charge in [0.1, 0.15) is 12.1 Å². The number of piperidine rings is 1. The molecular weight excluding hydrogens is 306 g/mol. The first kappa shape index (κ1) is 15.3. The Morgan fingerprint density at radius 3 is 3.00 bits per heavy atom. The van der Waals surface area contributed by atoms with E-state index in [0.29, 0.717) is 16.9 Å². The zero-order valence-corrected chi connectivity index (χ0v) is 13.5. The number of carbonyl (C=O) groups excluding carboxylic acids is 1. The molecule has 2 saturated heterocycles. The van der Waals surface area contributed by atoms with E-state index < -0.39 is 0 Å². The first-order valence-electron chi connectivity index (χ1n) is 8.58. The van der Waals surface area contributed by atoms with Gasteiger partial charge in [-0.15, -0.1) is 5.10 Å². The largest absolute Gasteiger partial charge is 0.350 e. The molecule has 0 radical (unpaired) electrons. The van der Waals surface area contributed by atoms with Gasteiger partial charge in [0.25, 0.3) is 5.56 Å². The van der Waals surface area contributed by atoms with E-state index in [9.17, 15) is 9.59 Å². The lowest BCUT2D eigenvalue weighted by molar-refractivity contribution is -0.122. The summed E-state index contributed by atoms with van der Waals surface area (Å²) in [5, 5.41) is 11.5. The van der Waals surface area contributed by atoms with Crippen molar-refractivity contribution in [3.8, 4) is 0 Å². The molecule has 126 valence electrons.